The van der Waals surface area contributed by atoms with Crippen LogP contribution >= 0.6 is 0 Å². The average molecular weight is 465 g/mol. The summed E-state index contributed by atoms with van der Waals surface area (Å²) in [5.41, 5.74) is 3.38. The summed E-state index contributed by atoms with van der Waals surface area (Å²) < 4.78 is 5.48. The lowest BCUT2D eigenvalue weighted by atomic mass is 9.75. The van der Waals surface area contributed by atoms with Crippen molar-refractivity contribution in [3.8, 4) is 11.1 Å². The zero-order valence-electron chi connectivity index (χ0n) is 19.5. The van der Waals surface area contributed by atoms with Crippen molar-refractivity contribution in [3.63, 3.8) is 0 Å². The number of carboxylic acids is 1. The quantitative estimate of drug-likeness (QED) is 0.535. The van der Waals surface area contributed by atoms with E-state index in [-0.39, 0.29) is 31.4 Å². The molecule has 2 aromatic rings. The third-order valence-corrected chi connectivity index (χ3v) is 7.29. The van der Waals surface area contributed by atoms with E-state index in [4.69, 9.17) is 4.74 Å². The molecule has 0 aromatic heterocycles. The summed E-state index contributed by atoms with van der Waals surface area (Å²) in [4.78, 5) is 36.6. The predicted molar refractivity (Wildman–Crippen MR) is 128 cm³/mol. The molecule has 7 heteroatoms. The Bertz CT molecular complexity index is 1010. The summed E-state index contributed by atoms with van der Waals surface area (Å²) in [6.45, 7) is 2.38. The van der Waals surface area contributed by atoms with Crippen molar-refractivity contribution in [2.24, 2.45) is 5.92 Å². The molecule has 1 saturated carbocycles. The number of ether oxygens (including phenoxy) is 1. The van der Waals surface area contributed by atoms with Crippen LogP contribution < -0.4 is 10.6 Å². The highest BCUT2D eigenvalue weighted by Crippen LogP contribution is 2.44. The topological polar surface area (TPSA) is 105 Å². The summed E-state index contributed by atoms with van der Waals surface area (Å²) in [7, 11) is 0. The van der Waals surface area contributed by atoms with Gasteiger partial charge in [0.2, 0.25) is 5.91 Å². The van der Waals surface area contributed by atoms with Crippen LogP contribution in [0.2, 0.25) is 0 Å². The van der Waals surface area contributed by atoms with E-state index in [9.17, 15) is 19.5 Å². The lowest BCUT2D eigenvalue weighted by Crippen LogP contribution is -2.56. The SMILES string of the molecule is CCC1CCC(NC(=O)CCNC(=O)OCC2c3ccccc3-c3ccccc32)(C(=O)O)CC1. The van der Waals surface area contributed by atoms with E-state index in [1.165, 1.54) is 0 Å². The molecule has 2 aliphatic rings. The Morgan fingerprint density at radius 2 is 1.59 bits per heavy atom. The molecule has 180 valence electrons. The van der Waals surface area contributed by atoms with Crippen molar-refractivity contribution < 1.29 is 24.2 Å². The second-order valence-corrected chi connectivity index (χ2v) is 9.29. The summed E-state index contributed by atoms with van der Waals surface area (Å²) in [6, 6.07) is 16.2. The second-order valence-electron chi connectivity index (χ2n) is 9.29. The normalized spacial score (nSPS) is 21.3. The molecule has 0 spiro atoms. The highest BCUT2D eigenvalue weighted by molar-refractivity contribution is 5.87. The van der Waals surface area contributed by atoms with Gasteiger partial charge < -0.3 is 20.5 Å². The molecule has 0 bridgehead atoms. The minimum absolute atomic E-state index is 0.00354. The molecular weight excluding hydrogens is 432 g/mol. The Labute approximate surface area is 199 Å². The summed E-state index contributed by atoms with van der Waals surface area (Å²) in [5, 5.41) is 15.0. The largest absolute Gasteiger partial charge is 0.480 e. The van der Waals surface area contributed by atoms with E-state index in [1.54, 1.807) is 0 Å². The molecule has 0 aliphatic heterocycles. The van der Waals surface area contributed by atoms with Crippen LogP contribution in [0.4, 0.5) is 4.79 Å². The summed E-state index contributed by atoms with van der Waals surface area (Å²) in [5.74, 6) is -0.883. The Kier molecular flexibility index (Phi) is 7.20. The number of fused-ring (bicyclic) bond motifs is 3. The molecular formula is C27H32N2O5. The zero-order valence-corrected chi connectivity index (χ0v) is 19.5. The van der Waals surface area contributed by atoms with E-state index in [2.05, 4.69) is 41.8 Å². The first-order valence-corrected chi connectivity index (χ1v) is 12.1. The maximum Gasteiger partial charge on any atom is 0.407 e. The van der Waals surface area contributed by atoms with Crippen molar-refractivity contribution in [1.82, 2.24) is 10.6 Å². The van der Waals surface area contributed by atoms with Gasteiger partial charge in [-0.3, -0.25) is 4.79 Å². The lowest BCUT2D eigenvalue weighted by Gasteiger charge is -2.37. The molecule has 1 fully saturated rings. The first kappa shape index (κ1) is 23.8. The van der Waals surface area contributed by atoms with Gasteiger partial charge in [0.05, 0.1) is 0 Å². The van der Waals surface area contributed by atoms with E-state index >= 15 is 0 Å². The van der Waals surface area contributed by atoms with Gasteiger partial charge in [-0.25, -0.2) is 9.59 Å². The van der Waals surface area contributed by atoms with Crippen LogP contribution in [-0.2, 0) is 14.3 Å². The molecule has 0 radical (unpaired) electrons. The number of carbonyl (C=O) groups excluding carboxylic acids is 2. The van der Waals surface area contributed by atoms with Crippen molar-refractivity contribution >= 4 is 18.0 Å². The van der Waals surface area contributed by atoms with Gasteiger partial charge in [0, 0.05) is 18.9 Å². The van der Waals surface area contributed by atoms with E-state index in [1.807, 2.05) is 24.3 Å². The van der Waals surface area contributed by atoms with Gasteiger partial charge in [-0.2, -0.15) is 0 Å². The minimum Gasteiger partial charge on any atom is -0.480 e. The highest BCUT2D eigenvalue weighted by atomic mass is 16.5. The number of hydrogen-bond donors (Lipinski definition) is 3. The van der Waals surface area contributed by atoms with Gasteiger partial charge in [0.25, 0.3) is 0 Å². The van der Waals surface area contributed by atoms with Crippen LogP contribution in [0.15, 0.2) is 48.5 Å². The standard InChI is InChI=1S/C27H32N2O5/c1-2-18-11-14-27(15-12-18,25(31)32)29-24(30)13-16-28-26(33)34-17-23-21-9-5-3-7-19(21)20-8-4-6-10-22(20)23/h3-10,18,23H,2,11-17H2,1H3,(H,28,33)(H,29,30)(H,31,32). The van der Waals surface area contributed by atoms with Crippen LogP contribution in [-0.4, -0.2) is 41.8 Å². The van der Waals surface area contributed by atoms with E-state index in [0.29, 0.717) is 18.8 Å². The summed E-state index contributed by atoms with van der Waals surface area (Å²) in [6.07, 6.45) is 2.89. The number of benzene rings is 2. The number of alkyl carbamates (subject to hydrolysis) is 1. The Hall–Kier alpha value is -3.35. The Morgan fingerprint density at radius 3 is 2.15 bits per heavy atom. The van der Waals surface area contributed by atoms with Crippen molar-refractivity contribution in [2.75, 3.05) is 13.2 Å². The van der Waals surface area contributed by atoms with Crippen molar-refractivity contribution in [2.45, 2.75) is 56.9 Å². The number of amides is 2. The van der Waals surface area contributed by atoms with E-state index in [0.717, 1.165) is 41.5 Å². The second kappa shape index (κ2) is 10.3. The summed E-state index contributed by atoms with van der Waals surface area (Å²) >= 11 is 0. The van der Waals surface area contributed by atoms with Crippen LogP contribution in [0.5, 0.6) is 0 Å². The highest BCUT2D eigenvalue weighted by Gasteiger charge is 2.42. The third-order valence-electron chi connectivity index (χ3n) is 7.29. The van der Waals surface area contributed by atoms with Crippen molar-refractivity contribution in [1.29, 1.82) is 0 Å². The number of carboxylic acid groups (broad SMARTS) is 1. The van der Waals surface area contributed by atoms with Gasteiger partial charge in [-0.1, -0.05) is 61.9 Å². The number of carbonyl (C=O) groups is 3. The van der Waals surface area contributed by atoms with Gasteiger partial charge in [-0.05, 0) is 53.9 Å². The first-order valence-electron chi connectivity index (χ1n) is 12.1. The molecule has 0 heterocycles. The van der Waals surface area contributed by atoms with Crippen LogP contribution in [0.25, 0.3) is 11.1 Å². The van der Waals surface area contributed by atoms with Crippen LogP contribution in [0, 0.1) is 5.92 Å². The van der Waals surface area contributed by atoms with Gasteiger partial charge >= 0.3 is 12.1 Å². The van der Waals surface area contributed by atoms with Gasteiger partial charge in [-0.15, -0.1) is 0 Å². The van der Waals surface area contributed by atoms with Gasteiger partial charge in [0.15, 0.2) is 0 Å². The fraction of sp³-hybridized carbons (Fsp3) is 0.444. The number of nitrogens with one attached hydrogen (secondary N) is 2. The molecule has 4 rings (SSSR count). The molecule has 3 N–H and O–H groups in total. The van der Waals surface area contributed by atoms with Gasteiger partial charge in [0.1, 0.15) is 12.1 Å². The van der Waals surface area contributed by atoms with Crippen LogP contribution in [0.3, 0.4) is 0 Å². The maximum absolute atomic E-state index is 12.4. The molecule has 7 nitrogen and oxygen atoms in total. The number of rotatable bonds is 8. The van der Waals surface area contributed by atoms with Crippen molar-refractivity contribution in [3.05, 3.63) is 59.7 Å². The lowest BCUT2D eigenvalue weighted by molar-refractivity contribution is -0.149. The first-order chi connectivity index (χ1) is 16.4. The molecule has 2 aliphatic carbocycles. The fourth-order valence-corrected chi connectivity index (χ4v) is 5.23. The Morgan fingerprint density at radius 1 is 1.00 bits per heavy atom. The monoisotopic (exact) mass is 464 g/mol. The van der Waals surface area contributed by atoms with Crippen LogP contribution in [0.1, 0.15) is 62.5 Å². The number of hydrogen-bond acceptors (Lipinski definition) is 4. The molecule has 34 heavy (non-hydrogen) atoms. The minimum atomic E-state index is -1.20. The zero-order chi connectivity index (χ0) is 24.1. The Balaban J connectivity index is 1.25. The smallest absolute Gasteiger partial charge is 0.407 e. The predicted octanol–water partition coefficient (Wildman–Crippen LogP) is 4.46. The molecule has 2 amide bonds. The maximum atomic E-state index is 12.4. The third kappa shape index (κ3) is 4.93. The molecule has 0 atom stereocenters. The average Bonchev–Trinajstić information content (AvgIpc) is 3.17. The number of aliphatic carboxylic acids is 1. The molecule has 0 saturated heterocycles. The fourth-order valence-electron chi connectivity index (χ4n) is 5.23. The molecule has 0 unspecified atom stereocenters. The molecule has 2 aromatic carbocycles. The van der Waals surface area contributed by atoms with E-state index < -0.39 is 17.6 Å².